The fourth-order valence-electron chi connectivity index (χ4n) is 1.87. The molecule has 3 nitrogen and oxygen atoms in total. The van der Waals surface area contributed by atoms with Crippen LogP contribution in [0.15, 0.2) is 11.6 Å². The molecule has 0 saturated heterocycles. The first-order valence-corrected chi connectivity index (χ1v) is 4.91. The normalized spacial score (nSPS) is 20.4. The molecule has 0 bridgehead atoms. The van der Waals surface area contributed by atoms with Crippen LogP contribution < -0.4 is 0 Å². The predicted molar refractivity (Wildman–Crippen MR) is 52.5 cm³/mol. The molecule has 3 heteroatoms. The molecule has 0 aromatic heterocycles. The average molecular weight is 193 g/mol. The van der Waals surface area contributed by atoms with Gasteiger partial charge < -0.3 is 5.11 Å². The smallest absolute Gasteiger partial charge is 0.305 e. The molecular formula is C11H15NO2. The van der Waals surface area contributed by atoms with Gasteiger partial charge in [-0.1, -0.05) is 11.6 Å². The van der Waals surface area contributed by atoms with Crippen molar-refractivity contribution in [3.63, 3.8) is 0 Å². The molecule has 0 spiro atoms. The van der Waals surface area contributed by atoms with Gasteiger partial charge in [-0.2, -0.15) is 5.26 Å². The Balaban J connectivity index is 2.83. The lowest BCUT2D eigenvalue weighted by molar-refractivity contribution is -0.138. The molecule has 1 atom stereocenters. The summed E-state index contributed by atoms with van der Waals surface area (Å²) in [5.74, 6) is -0.902. The summed E-state index contributed by atoms with van der Waals surface area (Å²) >= 11 is 0. The number of carboxylic acid groups (broad SMARTS) is 1. The fraction of sp³-hybridized carbons (Fsp3) is 0.636. The summed E-state index contributed by atoms with van der Waals surface area (Å²) in [5, 5.41) is 17.8. The van der Waals surface area contributed by atoms with Crippen molar-refractivity contribution >= 4 is 5.97 Å². The van der Waals surface area contributed by atoms with Gasteiger partial charge in [0.25, 0.3) is 0 Å². The molecule has 0 aliphatic heterocycles. The van der Waals surface area contributed by atoms with Crippen molar-refractivity contribution in [2.75, 3.05) is 0 Å². The van der Waals surface area contributed by atoms with Crippen LogP contribution in [0, 0.1) is 16.7 Å². The lowest BCUT2D eigenvalue weighted by Gasteiger charge is -2.25. The largest absolute Gasteiger partial charge is 0.481 e. The number of carbonyl (C=O) groups is 1. The third-order valence-electron chi connectivity index (χ3n) is 2.75. The van der Waals surface area contributed by atoms with E-state index < -0.39 is 11.4 Å². The van der Waals surface area contributed by atoms with Gasteiger partial charge in [-0.05, 0) is 32.6 Å². The van der Waals surface area contributed by atoms with Crippen molar-refractivity contribution < 1.29 is 9.90 Å². The van der Waals surface area contributed by atoms with E-state index in [0.29, 0.717) is 0 Å². The summed E-state index contributed by atoms with van der Waals surface area (Å²) in [6.07, 6.45) is 6.02. The molecule has 76 valence electrons. The third-order valence-corrected chi connectivity index (χ3v) is 2.75. The van der Waals surface area contributed by atoms with Crippen molar-refractivity contribution in [3.8, 4) is 6.07 Å². The zero-order valence-corrected chi connectivity index (χ0v) is 8.42. The molecule has 0 aromatic carbocycles. The van der Waals surface area contributed by atoms with Gasteiger partial charge in [-0.25, -0.2) is 0 Å². The maximum atomic E-state index is 10.6. The molecular weight excluding hydrogens is 178 g/mol. The van der Waals surface area contributed by atoms with E-state index in [9.17, 15) is 4.79 Å². The predicted octanol–water partition coefficient (Wildman–Crippen LogP) is 2.49. The number of hydrogen-bond donors (Lipinski definition) is 1. The Hall–Kier alpha value is -1.30. The van der Waals surface area contributed by atoms with Crippen LogP contribution in [0.4, 0.5) is 0 Å². The molecule has 0 fully saturated rings. The lowest BCUT2D eigenvalue weighted by atomic mass is 9.76. The van der Waals surface area contributed by atoms with E-state index in [2.05, 4.69) is 6.07 Å². The van der Waals surface area contributed by atoms with Crippen LogP contribution in [0.25, 0.3) is 0 Å². The highest BCUT2D eigenvalue weighted by Gasteiger charge is 2.31. The lowest BCUT2D eigenvalue weighted by Crippen LogP contribution is -2.22. The van der Waals surface area contributed by atoms with E-state index in [0.717, 1.165) is 31.3 Å². The molecule has 1 N–H and O–H groups in total. The maximum absolute atomic E-state index is 10.6. The van der Waals surface area contributed by atoms with Gasteiger partial charge in [-0.15, -0.1) is 0 Å². The summed E-state index contributed by atoms with van der Waals surface area (Å²) in [4.78, 5) is 10.6. The SMILES string of the molecule is C[C@@](C#N)(CC(=O)O)C1=CCCCC1. The van der Waals surface area contributed by atoms with Gasteiger partial charge in [0.1, 0.15) is 0 Å². The summed E-state index contributed by atoms with van der Waals surface area (Å²) in [7, 11) is 0. The molecule has 14 heavy (non-hydrogen) atoms. The van der Waals surface area contributed by atoms with Crippen molar-refractivity contribution in [3.05, 3.63) is 11.6 Å². The monoisotopic (exact) mass is 193 g/mol. The average Bonchev–Trinajstić information content (AvgIpc) is 2.18. The maximum Gasteiger partial charge on any atom is 0.305 e. The standard InChI is InChI=1S/C11H15NO2/c1-11(8-12,7-10(13)14)9-5-3-2-4-6-9/h5H,2-4,6-7H2,1H3,(H,13,14)/t11-/m0/s1. The number of carboxylic acids is 1. The van der Waals surface area contributed by atoms with Crippen LogP contribution >= 0.6 is 0 Å². The summed E-state index contributed by atoms with van der Waals surface area (Å²) in [5.41, 5.74) is 0.209. The highest BCUT2D eigenvalue weighted by atomic mass is 16.4. The molecule has 0 heterocycles. The number of nitrogens with zero attached hydrogens (tertiary/aromatic N) is 1. The van der Waals surface area contributed by atoms with E-state index in [-0.39, 0.29) is 6.42 Å². The Kier molecular flexibility index (Phi) is 3.29. The third kappa shape index (κ3) is 2.35. The minimum Gasteiger partial charge on any atom is -0.481 e. The second-order valence-corrected chi connectivity index (χ2v) is 3.99. The minimum absolute atomic E-state index is 0.0880. The second-order valence-electron chi connectivity index (χ2n) is 3.99. The van der Waals surface area contributed by atoms with E-state index in [4.69, 9.17) is 10.4 Å². The van der Waals surface area contributed by atoms with Crippen LogP contribution in [0.5, 0.6) is 0 Å². The Morgan fingerprint density at radius 1 is 1.71 bits per heavy atom. The number of hydrogen-bond acceptors (Lipinski definition) is 2. The van der Waals surface area contributed by atoms with Crippen LogP contribution in [-0.4, -0.2) is 11.1 Å². The van der Waals surface area contributed by atoms with Crippen molar-refractivity contribution in [2.24, 2.45) is 5.41 Å². The van der Waals surface area contributed by atoms with Gasteiger partial charge in [0, 0.05) is 0 Å². The van der Waals surface area contributed by atoms with Gasteiger partial charge in [0.2, 0.25) is 0 Å². The quantitative estimate of drug-likeness (QED) is 0.700. The van der Waals surface area contributed by atoms with Crippen molar-refractivity contribution in [1.82, 2.24) is 0 Å². The first-order chi connectivity index (χ1) is 6.58. The van der Waals surface area contributed by atoms with E-state index in [1.54, 1.807) is 6.92 Å². The Morgan fingerprint density at radius 3 is 2.86 bits per heavy atom. The van der Waals surface area contributed by atoms with Crippen LogP contribution in [0.3, 0.4) is 0 Å². The molecule has 0 saturated carbocycles. The molecule has 1 rings (SSSR count). The van der Waals surface area contributed by atoms with Crippen molar-refractivity contribution in [1.29, 1.82) is 5.26 Å². The van der Waals surface area contributed by atoms with E-state index >= 15 is 0 Å². The van der Waals surface area contributed by atoms with Crippen LogP contribution in [-0.2, 0) is 4.79 Å². The fourth-order valence-corrected chi connectivity index (χ4v) is 1.87. The molecule has 0 radical (unpaired) electrons. The topological polar surface area (TPSA) is 61.1 Å². The van der Waals surface area contributed by atoms with Crippen molar-refractivity contribution in [2.45, 2.75) is 39.0 Å². The van der Waals surface area contributed by atoms with Crippen LogP contribution in [0.2, 0.25) is 0 Å². The van der Waals surface area contributed by atoms with Crippen LogP contribution in [0.1, 0.15) is 39.0 Å². The van der Waals surface area contributed by atoms with E-state index in [1.165, 1.54) is 0 Å². The summed E-state index contributed by atoms with van der Waals surface area (Å²) < 4.78 is 0. The molecule has 0 aromatic rings. The Bertz CT molecular complexity index is 301. The number of aliphatic carboxylic acids is 1. The number of nitriles is 1. The summed E-state index contributed by atoms with van der Waals surface area (Å²) in [6.45, 7) is 1.72. The second kappa shape index (κ2) is 4.28. The molecule has 1 aliphatic rings. The van der Waals surface area contributed by atoms with Gasteiger partial charge in [0.15, 0.2) is 0 Å². The zero-order chi connectivity index (χ0) is 10.6. The highest BCUT2D eigenvalue weighted by Crippen LogP contribution is 2.36. The number of allylic oxidation sites excluding steroid dienone is 2. The molecule has 0 amide bonds. The zero-order valence-electron chi connectivity index (χ0n) is 8.42. The van der Waals surface area contributed by atoms with Gasteiger partial charge >= 0.3 is 5.97 Å². The number of rotatable bonds is 3. The minimum atomic E-state index is -0.902. The van der Waals surface area contributed by atoms with Gasteiger partial charge in [0.05, 0.1) is 17.9 Å². The van der Waals surface area contributed by atoms with Gasteiger partial charge in [-0.3, -0.25) is 4.79 Å². The molecule has 1 aliphatic carbocycles. The highest BCUT2D eigenvalue weighted by molar-refractivity contribution is 5.69. The van der Waals surface area contributed by atoms with E-state index in [1.807, 2.05) is 6.08 Å². The molecule has 0 unspecified atom stereocenters. The Morgan fingerprint density at radius 2 is 2.43 bits per heavy atom. The summed E-state index contributed by atoms with van der Waals surface area (Å²) in [6, 6.07) is 2.13. The Labute approximate surface area is 84.0 Å². The first kappa shape index (κ1) is 10.8. The first-order valence-electron chi connectivity index (χ1n) is 4.91.